The first-order valence-electron chi connectivity index (χ1n) is 13.1. The van der Waals surface area contributed by atoms with Gasteiger partial charge in [-0.2, -0.15) is 0 Å². The average Bonchev–Trinajstić information content (AvgIpc) is 2.95. The van der Waals surface area contributed by atoms with Crippen LogP contribution in [0.2, 0.25) is 0 Å². The number of nitro groups is 1. The van der Waals surface area contributed by atoms with Crippen LogP contribution in [0, 0.1) is 24.0 Å². The predicted molar refractivity (Wildman–Crippen MR) is 163 cm³/mol. The molecular formula is C32H28N4O4S. The molecule has 0 aliphatic rings. The van der Waals surface area contributed by atoms with Gasteiger partial charge in [-0.05, 0) is 72.9 Å². The molecule has 0 saturated heterocycles. The first kappa shape index (κ1) is 27.8. The van der Waals surface area contributed by atoms with E-state index in [2.05, 4.69) is 5.32 Å². The number of thioether (sulfide) groups is 1. The summed E-state index contributed by atoms with van der Waals surface area (Å²) in [6.07, 6.45) is 0.634. The van der Waals surface area contributed by atoms with Crippen LogP contribution in [0.4, 0.5) is 11.4 Å². The van der Waals surface area contributed by atoms with Gasteiger partial charge < -0.3 is 5.32 Å². The van der Waals surface area contributed by atoms with E-state index in [4.69, 9.17) is 4.98 Å². The third-order valence-electron chi connectivity index (χ3n) is 6.62. The number of aromatic nitrogens is 2. The van der Waals surface area contributed by atoms with Gasteiger partial charge in [-0.15, -0.1) is 0 Å². The Morgan fingerprint density at radius 1 is 0.927 bits per heavy atom. The van der Waals surface area contributed by atoms with Gasteiger partial charge in [-0.25, -0.2) is 4.98 Å². The van der Waals surface area contributed by atoms with E-state index in [1.807, 2.05) is 68.4 Å². The van der Waals surface area contributed by atoms with Gasteiger partial charge in [0, 0.05) is 35.7 Å². The second-order valence-electron chi connectivity index (χ2n) is 9.86. The lowest BCUT2D eigenvalue weighted by Crippen LogP contribution is -2.24. The molecule has 0 radical (unpaired) electrons. The molecule has 8 nitrogen and oxygen atoms in total. The predicted octanol–water partition coefficient (Wildman–Crippen LogP) is 6.71. The van der Waals surface area contributed by atoms with Crippen LogP contribution >= 0.6 is 11.8 Å². The van der Waals surface area contributed by atoms with Gasteiger partial charge in [0.15, 0.2) is 5.16 Å². The molecule has 0 bridgehead atoms. The first-order chi connectivity index (χ1) is 19.8. The molecule has 1 amide bonds. The summed E-state index contributed by atoms with van der Waals surface area (Å²) < 4.78 is 1.65. The Kier molecular flexibility index (Phi) is 8.26. The van der Waals surface area contributed by atoms with Crippen LogP contribution in [-0.4, -0.2) is 20.4 Å². The Balaban J connectivity index is 1.48. The zero-order chi connectivity index (χ0) is 28.9. The smallest absolute Gasteiger partial charge is 0.269 e. The topological polar surface area (TPSA) is 107 Å². The molecule has 41 heavy (non-hydrogen) atoms. The molecule has 0 aliphatic carbocycles. The van der Waals surface area contributed by atoms with E-state index in [0.29, 0.717) is 46.0 Å². The number of nitro benzene ring substituents is 1. The fraction of sp³-hybridized carbons (Fsp3) is 0.156. The lowest BCUT2D eigenvalue weighted by atomic mass is 10.1. The number of hydrogen-bond acceptors (Lipinski definition) is 6. The van der Waals surface area contributed by atoms with Gasteiger partial charge in [0.1, 0.15) is 0 Å². The van der Waals surface area contributed by atoms with Crippen molar-refractivity contribution in [2.75, 3.05) is 5.32 Å². The highest BCUT2D eigenvalue weighted by atomic mass is 32.2. The van der Waals surface area contributed by atoms with E-state index >= 15 is 0 Å². The number of carbonyl (C=O) groups excluding carboxylic acids is 1. The Morgan fingerprint density at radius 2 is 1.66 bits per heavy atom. The van der Waals surface area contributed by atoms with Crippen molar-refractivity contribution in [3.8, 4) is 0 Å². The standard InChI is InChI=1S/C32H28N4O4S/c1-21-15-22(2)17-26(16-21)33-30(37)25-11-12-28-29(19-25)34-32(41-20-24-9-6-10-27(18-24)36(39)40)35(31(28)38)14-13-23-7-4-3-5-8-23/h3-12,15-19H,13-14,20H2,1-2H3,(H,33,37). The number of amides is 1. The molecule has 5 rings (SSSR count). The highest BCUT2D eigenvalue weighted by Crippen LogP contribution is 2.25. The van der Waals surface area contributed by atoms with Crippen LogP contribution in [0.5, 0.6) is 0 Å². The number of fused-ring (bicyclic) bond motifs is 1. The minimum Gasteiger partial charge on any atom is -0.322 e. The number of benzene rings is 4. The third kappa shape index (κ3) is 6.70. The Morgan fingerprint density at radius 3 is 2.39 bits per heavy atom. The van der Waals surface area contributed by atoms with E-state index in [9.17, 15) is 19.7 Å². The molecule has 0 atom stereocenters. The molecule has 0 unspecified atom stereocenters. The van der Waals surface area contributed by atoms with Crippen LogP contribution < -0.4 is 10.9 Å². The van der Waals surface area contributed by atoms with E-state index < -0.39 is 4.92 Å². The highest BCUT2D eigenvalue weighted by molar-refractivity contribution is 7.98. The van der Waals surface area contributed by atoms with E-state index in [1.54, 1.807) is 28.8 Å². The van der Waals surface area contributed by atoms with Crippen molar-refractivity contribution in [1.29, 1.82) is 0 Å². The zero-order valence-corrected chi connectivity index (χ0v) is 23.5. The number of non-ortho nitro benzene ring substituents is 1. The number of aryl methyl sites for hydroxylation is 3. The molecule has 5 aromatic rings. The molecule has 0 saturated carbocycles. The van der Waals surface area contributed by atoms with Crippen LogP contribution in [0.15, 0.2) is 101 Å². The van der Waals surface area contributed by atoms with E-state index in [-0.39, 0.29) is 17.2 Å². The van der Waals surface area contributed by atoms with Crippen LogP contribution in [0.3, 0.4) is 0 Å². The van der Waals surface area contributed by atoms with Gasteiger partial charge in [-0.1, -0.05) is 60.3 Å². The van der Waals surface area contributed by atoms with Gasteiger partial charge >= 0.3 is 0 Å². The fourth-order valence-corrected chi connectivity index (χ4v) is 5.66. The SMILES string of the molecule is Cc1cc(C)cc(NC(=O)c2ccc3c(=O)n(CCc4ccccc4)c(SCc4cccc([N+](=O)[O-])c4)nc3c2)c1. The summed E-state index contributed by atoms with van der Waals surface area (Å²) in [6, 6.07) is 27.1. The summed E-state index contributed by atoms with van der Waals surface area (Å²) in [7, 11) is 0. The van der Waals surface area contributed by atoms with Crippen molar-refractivity contribution in [2.45, 2.75) is 37.7 Å². The van der Waals surface area contributed by atoms with Crippen LogP contribution in [0.1, 0.15) is 32.6 Å². The second kappa shape index (κ2) is 12.2. The Hall–Kier alpha value is -4.76. The van der Waals surface area contributed by atoms with Gasteiger partial charge in [0.05, 0.1) is 15.8 Å². The highest BCUT2D eigenvalue weighted by Gasteiger charge is 2.16. The number of rotatable bonds is 9. The van der Waals surface area contributed by atoms with Crippen molar-refractivity contribution < 1.29 is 9.72 Å². The fourth-order valence-electron chi connectivity index (χ4n) is 4.69. The monoisotopic (exact) mass is 564 g/mol. The molecule has 0 spiro atoms. The second-order valence-corrected chi connectivity index (χ2v) is 10.8. The number of anilines is 1. The maximum Gasteiger partial charge on any atom is 0.269 e. The summed E-state index contributed by atoms with van der Waals surface area (Å²) in [4.78, 5) is 42.4. The van der Waals surface area contributed by atoms with Crippen molar-refractivity contribution in [3.63, 3.8) is 0 Å². The van der Waals surface area contributed by atoms with Crippen molar-refractivity contribution in [3.05, 3.63) is 139 Å². The van der Waals surface area contributed by atoms with Crippen LogP contribution in [-0.2, 0) is 18.7 Å². The lowest BCUT2D eigenvalue weighted by molar-refractivity contribution is -0.384. The molecular weight excluding hydrogens is 536 g/mol. The third-order valence-corrected chi connectivity index (χ3v) is 7.67. The summed E-state index contributed by atoms with van der Waals surface area (Å²) >= 11 is 1.33. The summed E-state index contributed by atoms with van der Waals surface area (Å²) in [5, 5.41) is 15.1. The summed E-state index contributed by atoms with van der Waals surface area (Å²) in [5.41, 5.74) is 5.24. The number of nitrogens with zero attached hydrogens (tertiary/aromatic N) is 3. The molecule has 0 fully saturated rings. The molecule has 1 heterocycles. The molecule has 4 aromatic carbocycles. The average molecular weight is 565 g/mol. The van der Waals surface area contributed by atoms with Crippen molar-refractivity contribution >= 4 is 39.9 Å². The van der Waals surface area contributed by atoms with Crippen LogP contribution in [0.25, 0.3) is 10.9 Å². The van der Waals surface area contributed by atoms with Gasteiger partial charge in [0.2, 0.25) is 0 Å². The maximum atomic E-state index is 13.7. The normalized spacial score (nSPS) is 11.0. The number of nitrogens with one attached hydrogen (secondary N) is 1. The lowest BCUT2D eigenvalue weighted by Gasteiger charge is -2.14. The molecule has 1 aromatic heterocycles. The largest absolute Gasteiger partial charge is 0.322 e. The number of carbonyl (C=O) groups is 1. The first-order valence-corrected chi connectivity index (χ1v) is 14.1. The summed E-state index contributed by atoms with van der Waals surface area (Å²) in [6.45, 7) is 4.36. The quantitative estimate of drug-likeness (QED) is 0.0923. The van der Waals surface area contributed by atoms with Crippen molar-refractivity contribution in [2.24, 2.45) is 0 Å². The van der Waals surface area contributed by atoms with Gasteiger partial charge in [0.25, 0.3) is 17.2 Å². The van der Waals surface area contributed by atoms with E-state index in [0.717, 1.165) is 22.3 Å². The van der Waals surface area contributed by atoms with E-state index in [1.165, 1.54) is 23.9 Å². The van der Waals surface area contributed by atoms with Gasteiger partial charge in [-0.3, -0.25) is 24.3 Å². The Labute approximate surface area is 241 Å². The number of hydrogen-bond donors (Lipinski definition) is 1. The Bertz CT molecular complexity index is 1800. The molecule has 1 N–H and O–H groups in total. The molecule has 9 heteroatoms. The maximum absolute atomic E-state index is 13.7. The zero-order valence-electron chi connectivity index (χ0n) is 22.7. The minimum absolute atomic E-state index is 0.00972. The molecule has 206 valence electrons. The minimum atomic E-state index is -0.428. The summed E-state index contributed by atoms with van der Waals surface area (Å²) in [5.74, 6) is 0.0930. The molecule has 0 aliphatic heterocycles. The van der Waals surface area contributed by atoms with Crippen molar-refractivity contribution in [1.82, 2.24) is 9.55 Å².